The molecule has 0 aliphatic rings. The summed E-state index contributed by atoms with van der Waals surface area (Å²) in [6, 6.07) is -0.443. The molecule has 2 N–H and O–H groups in total. The average molecular weight is 304 g/mol. The highest BCUT2D eigenvalue weighted by molar-refractivity contribution is 7.92. The molecule has 0 aromatic heterocycles. The van der Waals surface area contributed by atoms with Crippen LogP contribution in [0.2, 0.25) is 0 Å². The summed E-state index contributed by atoms with van der Waals surface area (Å²) in [5, 5.41) is 3.53. The Hall–Kier alpha value is -1.21. The van der Waals surface area contributed by atoms with Gasteiger partial charge in [0.1, 0.15) is 6.29 Å². The first-order chi connectivity index (χ1) is 9.32. The molecule has 20 heavy (non-hydrogen) atoms. The number of rotatable bonds is 11. The Kier molecular flexibility index (Phi) is 9.07. The maximum absolute atomic E-state index is 11.6. The van der Waals surface area contributed by atoms with Gasteiger partial charge in [0.05, 0.1) is 6.04 Å². The van der Waals surface area contributed by atoms with Crippen molar-refractivity contribution < 1.29 is 18.0 Å². The van der Waals surface area contributed by atoms with Crippen LogP contribution < -0.4 is 10.0 Å². The summed E-state index contributed by atoms with van der Waals surface area (Å²) in [5.74, 6) is -0.0766. The van der Waals surface area contributed by atoms with E-state index in [9.17, 15) is 18.0 Å². The van der Waals surface area contributed by atoms with Gasteiger partial charge in [0.2, 0.25) is 15.9 Å². The highest BCUT2D eigenvalue weighted by Crippen LogP contribution is 2.02. The molecule has 7 heteroatoms. The number of hydrogen-bond acceptors (Lipinski definition) is 4. The monoisotopic (exact) mass is 304 g/mol. The standard InChI is InChI=1S/C13H24N2O4S/c1-4-20(18,19)14-9-7-5-6-8-13(17)15-12(10-16)11(2)3/h4,10-12,14H,1,5-9H2,2-3H3,(H,15,17)/t12-/m1/s1. The molecule has 0 fully saturated rings. The number of aldehydes is 1. The topological polar surface area (TPSA) is 92.3 Å². The van der Waals surface area contributed by atoms with Crippen LogP contribution in [0.5, 0.6) is 0 Å². The predicted molar refractivity (Wildman–Crippen MR) is 78.4 cm³/mol. The fraction of sp³-hybridized carbons (Fsp3) is 0.692. The molecule has 0 heterocycles. The number of unbranched alkanes of at least 4 members (excludes halogenated alkanes) is 2. The fourth-order valence-corrected chi connectivity index (χ4v) is 2.02. The molecule has 6 nitrogen and oxygen atoms in total. The van der Waals surface area contributed by atoms with E-state index in [2.05, 4.69) is 16.6 Å². The van der Waals surface area contributed by atoms with Crippen molar-refractivity contribution in [2.75, 3.05) is 6.54 Å². The van der Waals surface area contributed by atoms with E-state index in [1.54, 1.807) is 0 Å². The van der Waals surface area contributed by atoms with Crippen molar-refractivity contribution in [1.82, 2.24) is 10.0 Å². The summed E-state index contributed by atoms with van der Waals surface area (Å²) >= 11 is 0. The van der Waals surface area contributed by atoms with Gasteiger partial charge in [0, 0.05) is 18.4 Å². The lowest BCUT2D eigenvalue weighted by Crippen LogP contribution is -2.39. The largest absolute Gasteiger partial charge is 0.346 e. The van der Waals surface area contributed by atoms with Crippen molar-refractivity contribution >= 4 is 22.2 Å². The molecule has 116 valence electrons. The van der Waals surface area contributed by atoms with Crippen molar-refractivity contribution in [1.29, 1.82) is 0 Å². The molecule has 0 radical (unpaired) electrons. The zero-order chi connectivity index (χ0) is 15.6. The minimum atomic E-state index is -3.36. The van der Waals surface area contributed by atoms with E-state index >= 15 is 0 Å². The first-order valence-corrected chi connectivity index (χ1v) is 8.23. The summed E-state index contributed by atoms with van der Waals surface area (Å²) in [6.45, 7) is 7.25. The van der Waals surface area contributed by atoms with Crippen molar-refractivity contribution in [3.8, 4) is 0 Å². The molecule has 0 unspecified atom stereocenters. The maximum Gasteiger partial charge on any atom is 0.233 e. The van der Waals surface area contributed by atoms with Crippen LogP contribution in [-0.4, -0.2) is 33.2 Å². The summed E-state index contributed by atoms with van der Waals surface area (Å²) in [4.78, 5) is 22.3. The quantitative estimate of drug-likeness (QED) is 0.439. The normalized spacial score (nSPS) is 12.9. The molecule has 1 amide bonds. The molecule has 0 saturated heterocycles. The van der Waals surface area contributed by atoms with Gasteiger partial charge in [0.25, 0.3) is 0 Å². The third-order valence-electron chi connectivity index (χ3n) is 2.80. The van der Waals surface area contributed by atoms with Gasteiger partial charge >= 0.3 is 0 Å². The van der Waals surface area contributed by atoms with Gasteiger partial charge in [-0.3, -0.25) is 4.79 Å². The number of sulfonamides is 1. The lowest BCUT2D eigenvalue weighted by atomic mass is 10.1. The van der Waals surface area contributed by atoms with E-state index in [0.29, 0.717) is 25.8 Å². The first-order valence-electron chi connectivity index (χ1n) is 6.69. The van der Waals surface area contributed by atoms with E-state index in [-0.39, 0.29) is 11.8 Å². The fourth-order valence-electron chi connectivity index (χ4n) is 1.48. The van der Waals surface area contributed by atoms with Crippen molar-refractivity contribution in [2.24, 2.45) is 5.92 Å². The highest BCUT2D eigenvalue weighted by atomic mass is 32.2. The Morgan fingerprint density at radius 3 is 2.40 bits per heavy atom. The molecular weight excluding hydrogens is 280 g/mol. The van der Waals surface area contributed by atoms with Crippen molar-refractivity contribution in [3.05, 3.63) is 12.0 Å². The molecule has 1 atom stereocenters. The smallest absolute Gasteiger partial charge is 0.233 e. The molecule has 0 aromatic rings. The molecular formula is C13H24N2O4S. The number of nitrogens with one attached hydrogen (secondary N) is 2. The van der Waals surface area contributed by atoms with Gasteiger partial charge in [-0.05, 0) is 18.8 Å². The van der Waals surface area contributed by atoms with Crippen LogP contribution >= 0.6 is 0 Å². The molecule has 0 rings (SSSR count). The SMILES string of the molecule is C=CS(=O)(=O)NCCCCCC(=O)N[C@H](C=O)C(C)C. The molecule has 0 aliphatic carbocycles. The Labute approximate surface area is 121 Å². The van der Waals surface area contributed by atoms with E-state index < -0.39 is 16.1 Å². The molecule has 0 aromatic carbocycles. The highest BCUT2D eigenvalue weighted by Gasteiger charge is 2.14. The summed E-state index contributed by atoms with van der Waals surface area (Å²) in [5.41, 5.74) is 0. The Morgan fingerprint density at radius 2 is 1.90 bits per heavy atom. The second-order valence-corrected chi connectivity index (χ2v) is 6.60. The van der Waals surface area contributed by atoms with Crippen LogP contribution in [0.15, 0.2) is 12.0 Å². The summed E-state index contributed by atoms with van der Waals surface area (Å²) in [7, 11) is -3.36. The second kappa shape index (κ2) is 9.66. The van der Waals surface area contributed by atoms with E-state index in [1.165, 1.54) is 0 Å². The maximum atomic E-state index is 11.6. The zero-order valence-corrected chi connectivity index (χ0v) is 12.9. The summed E-state index contributed by atoms with van der Waals surface area (Å²) < 4.78 is 24.4. The number of carbonyl (C=O) groups is 2. The van der Waals surface area contributed by atoms with Crippen LogP contribution in [0.4, 0.5) is 0 Å². The van der Waals surface area contributed by atoms with Crippen molar-refractivity contribution in [2.45, 2.75) is 45.6 Å². The van der Waals surface area contributed by atoms with Crippen LogP contribution in [0.25, 0.3) is 0 Å². The van der Waals surface area contributed by atoms with Crippen molar-refractivity contribution in [3.63, 3.8) is 0 Å². The number of carbonyl (C=O) groups excluding carboxylic acids is 2. The van der Waals surface area contributed by atoms with Crippen LogP contribution in [0.3, 0.4) is 0 Å². The third-order valence-corrected chi connectivity index (χ3v) is 3.84. The lowest BCUT2D eigenvalue weighted by Gasteiger charge is -2.15. The van der Waals surface area contributed by atoms with E-state index in [1.807, 2.05) is 13.8 Å². The van der Waals surface area contributed by atoms with E-state index in [0.717, 1.165) is 18.1 Å². The van der Waals surface area contributed by atoms with Crippen LogP contribution in [0.1, 0.15) is 39.5 Å². The minimum Gasteiger partial charge on any atom is -0.346 e. The average Bonchev–Trinajstić information content (AvgIpc) is 2.39. The number of amides is 1. The third kappa shape index (κ3) is 8.82. The van der Waals surface area contributed by atoms with Gasteiger partial charge in [0.15, 0.2) is 0 Å². The Morgan fingerprint density at radius 1 is 1.25 bits per heavy atom. The Bertz CT molecular complexity index is 418. The minimum absolute atomic E-state index is 0.0739. The molecule has 0 spiro atoms. The zero-order valence-electron chi connectivity index (χ0n) is 12.1. The Balaban J connectivity index is 3.73. The van der Waals surface area contributed by atoms with Gasteiger partial charge in [-0.2, -0.15) is 0 Å². The van der Waals surface area contributed by atoms with Gasteiger partial charge < -0.3 is 10.1 Å². The molecule has 0 bridgehead atoms. The van der Waals surface area contributed by atoms with Crippen LogP contribution in [0, 0.1) is 5.92 Å². The van der Waals surface area contributed by atoms with Gasteiger partial charge in [-0.15, -0.1) is 0 Å². The summed E-state index contributed by atoms with van der Waals surface area (Å²) in [6.07, 6.45) is 3.13. The van der Waals surface area contributed by atoms with Gasteiger partial charge in [-0.25, -0.2) is 13.1 Å². The number of hydrogen-bond donors (Lipinski definition) is 2. The van der Waals surface area contributed by atoms with E-state index in [4.69, 9.17) is 0 Å². The lowest BCUT2D eigenvalue weighted by molar-refractivity contribution is -0.124. The predicted octanol–water partition coefficient (Wildman–Crippen LogP) is 0.949. The second-order valence-electron chi connectivity index (χ2n) is 4.89. The van der Waals surface area contributed by atoms with Crippen LogP contribution in [-0.2, 0) is 19.6 Å². The first kappa shape index (κ1) is 18.8. The van der Waals surface area contributed by atoms with Gasteiger partial charge in [-0.1, -0.05) is 26.8 Å². The molecule has 0 aliphatic heterocycles. The molecule has 0 saturated carbocycles.